The standard InChI is InChI=1S/C14H14FN.ClH/c1-10-8-11(6-7-14(10)15)13-5-3-2-4-12(13)9-16;/h2-8H,9,16H2,1H3;1H. The Bertz CT molecular complexity index is 511. The molecule has 0 unspecified atom stereocenters. The number of nitrogens with two attached hydrogens (primary N) is 1. The average molecular weight is 252 g/mol. The van der Waals surface area contributed by atoms with Gasteiger partial charge in [0.25, 0.3) is 0 Å². The van der Waals surface area contributed by atoms with E-state index in [4.69, 9.17) is 5.73 Å². The van der Waals surface area contributed by atoms with Crippen molar-refractivity contribution < 1.29 is 4.39 Å². The van der Waals surface area contributed by atoms with Gasteiger partial charge in [-0.05, 0) is 41.3 Å². The van der Waals surface area contributed by atoms with Gasteiger partial charge in [0.1, 0.15) is 5.82 Å². The fourth-order valence-electron chi connectivity index (χ4n) is 1.79. The van der Waals surface area contributed by atoms with Gasteiger partial charge in [-0.2, -0.15) is 0 Å². The van der Waals surface area contributed by atoms with E-state index in [1.54, 1.807) is 13.0 Å². The summed E-state index contributed by atoms with van der Waals surface area (Å²) < 4.78 is 13.2. The molecule has 0 bridgehead atoms. The highest BCUT2D eigenvalue weighted by molar-refractivity contribution is 5.85. The van der Waals surface area contributed by atoms with Crippen LogP contribution in [0.1, 0.15) is 11.1 Å². The molecule has 0 aliphatic heterocycles. The molecule has 1 nitrogen and oxygen atoms in total. The summed E-state index contributed by atoms with van der Waals surface area (Å²) in [7, 11) is 0. The zero-order chi connectivity index (χ0) is 11.5. The van der Waals surface area contributed by atoms with Gasteiger partial charge in [-0.25, -0.2) is 4.39 Å². The predicted molar refractivity (Wildman–Crippen MR) is 71.7 cm³/mol. The van der Waals surface area contributed by atoms with Gasteiger partial charge in [0.05, 0.1) is 0 Å². The number of benzene rings is 2. The number of rotatable bonds is 2. The highest BCUT2D eigenvalue weighted by Crippen LogP contribution is 2.25. The van der Waals surface area contributed by atoms with Gasteiger partial charge in [-0.1, -0.05) is 30.3 Å². The smallest absolute Gasteiger partial charge is 0.126 e. The van der Waals surface area contributed by atoms with Crippen LogP contribution in [0.4, 0.5) is 4.39 Å². The van der Waals surface area contributed by atoms with Crippen LogP contribution in [-0.2, 0) is 6.54 Å². The van der Waals surface area contributed by atoms with Gasteiger partial charge in [0, 0.05) is 6.54 Å². The van der Waals surface area contributed by atoms with Crippen molar-refractivity contribution in [3.05, 3.63) is 59.4 Å². The minimum Gasteiger partial charge on any atom is -0.326 e. The number of hydrogen-bond acceptors (Lipinski definition) is 1. The molecule has 2 rings (SSSR count). The second-order valence-electron chi connectivity index (χ2n) is 3.83. The van der Waals surface area contributed by atoms with Crippen LogP contribution in [0.25, 0.3) is 11.1 Å². The quantitative estimate of drug-likeness (QED) is 0.866. The molecule has 2 N–H and O–H groups in total. The minimum atomic E-state index is -0.172. The molecule has 0 amide bonds. The maximum absolute atomic E-state index is 13.2. The van der Waals surface area contributed by atoms with Gasteiger partial charge in [0.2, 0.25) is 0 Å². The Labute approximate surface area is 107 Å². The van der Waals surface area contributed by atoms with Crippen LogP contribution in [0.2, 0.25) is 0 Å². The molecule has 0 heterocycles. The van der Waals surface area contributed by atoms with E-state index in [1.165, 1.54) is 6.07 Å². The predicted octanol–water partition coefficient (Wildman–Crippen LogP) is 3.68. The molecule has 0 saturated carbocycles. The third kappa shape index (κ3) is 2.84. The molecular formula is C14H15ClFN. The molecule has 17 heavy (non-hydrogen) atoms. The topological polar surface area (TPSA) is 26.0 Å². The van der Waals surface area contributed by atoms with Gasteiger partial charge in [0.15, 0.2) is 0 Å². The first-order chi connectivity index (χ1) is 7.72. The van der Waals surface area contributed by atoms with E-state index < -0.39 is 0 Å². The summed E-state index contributed by atoms with van der Waals surface area (Å²) in [5, 5.41) is 0. The van der Waals surface area contributed by atoms with E-state index in [1.807, 2.05) is 30.3 Å². The third-order valence-corrected chi connectivity index (χ3v) is 2.71. The summed E-state index contributed by atoms with van der Waals surface area (Å²) in [5.41, 5.74) is 9.51. The highest BCUT2D eigenvalue weighted by atomic mass is 35.5. The first-order valence-corrected chi connectivity index (χ1v) is 5.27. The van der Waals surface area contributed by atoms with E-state index in [0.29, 0.717) is 12.1 Å². The lowest BCUT2D eigenvalue weighted by Crippen LogP contribution is -1.98. The van der Waals surface area contributed by atoms with Crippen molar-refractivity contribution in [2.24, 2.45) is 5.73 Å². The van der Waals surface area contributed by atoms with Gasteiger partial charge in [-0.3, -0.25) is 0 Å². The molecule has 0 spiro atoms. The van der Waals surface area contributed by atoms with Crippen LogP contribution < -0.4 is 5.73 Å². The Hall–Kier alpha value is -1.38. The fourth-order valence-corrected chi connectivity index (χ4v) is 1.79. The van der Waals surface area contributed by atoms with Crippen molar-refractivity contribution in [1.29, 1.82) is 0 Å². The normalized spacial score (nSPS) is 9.82. The van der Waals surface area contributed by atoms with E-state index >= 15 is 0 Å². The molecule has 0 aliphatic rings. The van der Waals surface area contributed by atoms with Crippen LogP contribution in [-0.4, -0.2) is 0 Å². The van der Waals surface area contributed by atoms with Crippen molar-refractivity contribution >= 4 is 12.4 Å². The lowest BCUT2D eigenvalue weighted by atomic mass is 9.98. The maximum atomic E-state index is 13.2. The lowest BCUT2D eigenvalue weighted by molar-refractivity contribution is 0.619. The maximum Gasteiger partial charge on any atom is 0.126 e. The first-order valence-electron chi connectivity index (χ1n) is 5.27. The largest absolute Gasteiger partial charge is 0.326 e. The molecule has 3 heteroatoms. The second kappa shape index (κ2) is 5.80. The summed E-state index contributed by atoms with van der Waals surface area (Å²) in [5.74, 6) is -0.172. The number of hydrogen-bond donors (Lipinski definition) is 1. The summed E-state index contributed by atoms with van der Waals surface area (Å²) in [4.78, 5) is 0. The molecule has 0 saturated heterocycles. The summed E-state index contributed by atoms with van der Waals surface area (Å²) in [6.45, 7) is 2.26. The van der Waals surface area contributed by atoms with E-state index in [2.05, 4.69) is 0 Å². The Morgan fingerprint density at radius 3 is 2.47 bits per heavy atom. The Balaban J connectivity index is 0.00000144. The molecule has 0 aliphatic carbocycles. The molecule has 0 radical (unpaired) electrons. The average Bonchev–Trinajstić information content (AvgIpc) is 2.32. The molecular weight excluding hydrogens is 237 g/mol. The molecule has 2 aromatic rings. The monoisotopic (exact) mass is 251 g/mol. The van der Waals surface area contributed by atoms with Crippen LogP contribution >= 0.6 is 12.4 Å². The van der Waals surface area contributed by atoms with Crippen LogP contribution in [0.3, 0.4) is 0 Å². The summed E-state index contributed by atoms with van der Waals surface area (Å²) >= 11 is 0. The second-order valence-corrected chi connectivity index (χ2v) is 3.83. The molecule has 90 valence electrons. The van der Waals surface area contributed by atoms with E-state index in [-0.39, 0.29) is 18.2 Å². The Kier molecular flexibility index (Phi) is 4.67. The van der Waals surface area contributed by atoms with Crippen molar-refractivity contribution in [2.75, 3.05) is 0 Å². The molecule has 0 atom stereocenters. The van der Waals surface area contributed by atoms with Gasteiger partial charge in [-0.15, -0.1) is 12.4 Å². The Morgan fingerprint density at radius 2 is 1.82 bits per heavy atom. The van der Waals surface area contributed by atoms with Crippen LogP contribution in [0.5, 0.6) is 0 Å². The van der Waals surface area contributed by atoms with Crippen molar-refractivity contribution in [3.8, 4) is 11.1 Å². The third-order valence-electron chi connectivity index (χ3n) is 2.71. The fraction of sp³-hybridized carbons (Fsp3) is 0.143. The van der Waals surface area contributed by atoms with Gasteiger partial charge >= 0.3 is 0 Å². The van der Waals surface area contributed by atoms with Crippen LogP contribution in [0, 0.1) is 12.7 Å². The van der Waals surface area contributed by atoms with Crippen molar-refractivity contribution in [1.82, 2.24) is 0 Å². The molecule has 2 aromatic carbocycles. The zero-order valence-electron chi connectivity index (χ0n) is 9.61. The van der Waals surface area contributed by atoms with Crippen molar-refractivity contribution in [3.63, 3.8) is 0 Å². The molecule has 0 fully saturated rings. The highest BCUT2D eigenvalue weighted by Gasteiger charge is 2.05. The summed E-state index contributed by atoms with van der Waals surface area (Å²) in [6, 6.07) is 13.1. The van der Waals surface area contributed by atoms with Crippen molar-refractivity contribution in [2.45, 2.75) is 13.5 Å². The first kappa shape index (κ1) is 13.7. The molecule has 0 aromatic heterocycles. The number of halogens is 2. The lowest BCUT2D eigenvalue weighted by Gasteiger charge is -2.08. The van der Waals surface area contributed by atoms with E-state index in [0.717, 1.165) is 16.7 Å². The zero-order valence-corrected chi connectivity index (χ0v) is 10.4. The Morgan fingerprint density at radius 1 is 1.12 bits per heavy atom. The van der Waals surface area contributed by atoms with Gasteiger partial charge < -0.3 is 5.73 Å². The van der Waals surface area contributed by atoms with Crippen LogP contribution in [0.15, 0.2) is 42.5 Å². The van der Waals surface area contributed by atoms with E-state index in [9.17, 15) is 4.39 Å². The number of aryl methyl sites for hydroxylation is 1. The SMILES string of the molecule is Cc1cc(-c2ccccc2CN)ccc1F.Cl. The minimum absolute atomic E-state index is 0. The summed E-state index contributed by atoms with van der Waals surface area (Å²) in [6.07, 6.45) is 0.